The Kier molecular flexibility index (Phi) is 6.36. The molecule has 0 atom stereocenters. The summed E-state index contributed by atoms with van der Waals surface area (Å²) >= 11 is 0. The topological polar surface area (TPSA) is 83.3 Å². The fraction of sp³-hybridized carbons (Fsp3) is 0.353. The maximum absolute atomic E-state index is 11.7. The molecular formula is C17H24N6O. The Morgan fingerprint density at radius 3 is 2.79 bits per heavy atom. The highest BCUT2D eigenvalue weighted by Gasteiger charge is 2.04. The van der Waals surface area contributed by atoms with Crippen molar-refractivity contribution in [1.82, 2.24) is 25.7 Å². The number of aromatic nitrogens is 2. The Balaban J connectivity index is 1.80. The van der Waals surface area contributed by atoms with Crippen LogP contribution >= 0.6 is 0 Å². The van der Waals surface area contributed by atoms with Crippen molar-refractivity contribution < 1.29 is 4.79 Å². The summed E-state index contributed by atoms with van der Waals surface area (Å²) in [6.45, 7) is 1.39. The second kappa shape index (κ2) is 8.71. The first kappa shape index (κ1) is 17.5. The van der Waals surface area contributed by atoms with Crippen molar-refractivity contribution in [1.29, 1.82) is 0 Å². The van der Waals surface area contributed by atoms with E-state index in [1.807, 2.05) is 43.7 Å². The molecule has 0 radical (unpaired) electrons. The molecule has 7 heteroatoms. The molecule has 1 heterocycles. The first-order chi connectivity index (χ1) is 11.6. The summed E-state index contributed by atoms with van der Waals surface area (Å²) in [5.41, 5.74) is 2.87. The van der Waals surface area contributed by atoms with Gasteiger partial charge in [-0.1, -0.05) is 12.1 Å². The number of hydrogen-bond donors (Lipinski definition) is 3. The molecular weight excluding hydrogens is 304 g/mol. The zero-order valence-corrected chi connectivity index (χ0v) is 14.3. The number of amides is 1. The molecule has 0 unspecified atom stereocenters. The van der Waals surface area contributed by atoms with Gasteiger partial charge in [-0.15, -0.1) is 0 Å². The Bertz CT molecular complexity index is 707. The van der Waals surface area contributed by atoms with Crippen molar-refractivity contribution in [3.05, 3.63) is 53.3 Å². The van der Waals surface area contributed by atoms with E-state index in [4.69, 9.17) is 0 Å². The van der Waals surface area contributed by atoms with E-state index in [1.165, 1.54) is 0 Å². The molecule has 24 heavy (non-hydrogen) atoms. The number of guanidine groups is 1. The second-order valence-corrected chi connectivity index (χ2v) is 5.40. The number of hydrogen-bond acceptors (Lipinski definition) is 3. The van der Waals surface area contributed by atoms with Crippen molar-refractivity contribution in [2.75, 3.05) is 20.6 Å². The molecule has 0 fully saturated rings. The highest BCUT2D eigenvalue weighted by atomic mass is 16.1. The smallest absolute Gasteiger partial charge is 0.251 e. The van der Waals surface area contributed by atoms with Crippen LogP contribution in [0.15, 0.2) is 41.7 Å². The van der Waals surface area contributed by atoms with Gasteiger partial charge in [0.2, 0.25) is 0 Å². The number of carbonyl (C=O) groups excluding carboxylic acids is 1. The Hall–Kier alpha value is -2.83. The molecule has 1 amide bonds. The van der Waals surface area contributed by atoms with E-state index in [-0.39, 0.29) is 5.91 Å². The fourth-order valence-electron chi connectivity index (χ4n) is 2.31. The van der Waals surface area contributed by atoms with Crippen molar-refractivity contribution in [2.45, 2.75) is 13.0 Å². The van der Waals surface area contributed by atoms with Crippen LogP contribution in [0.4, 0.5) is 0 Å². The van der Waals surface area contributed by atoms with Gasteiger partial charge in [0.15, 0.2) is 5.96 Å². The van der Waals surface area contributed by atoms with E-state index >= 15 is 0 Å². The van der Waals surface area contributed by atoms with Crippen LogP contribution in [0.1, 0.15) is 21.5 Å². The van der Waals surface area contributed by atoms with E-state index in [2.05, 4.69) is 26.0 Å². The van der Waals surface area contributed by atoms with Gasteiger partial charge >= 0.3 is 0 Å². The molecule has 0 aliphatic heterocycles. The molecule has 0 bridgehead atoms. The average molecular weight is 328 g/mol. The van der Waals surface area contributed by atoms with Crippen LogP contribution < -0.4 is 16.0 Å². The van der Waals surface area contributed by atoms with Gasteiger partial charge in [0.05, 0.1) is 6.20 Å². The lowest BCUT2D eigenvalue weighted by molar-refractivity contribution is 0.0963. The summed E-state index contributed by atoms with van der Waals surface area (Å²) in [7, 11) is 5.27. The largest absolute Gasteiger partial charge is 0.356 e. The molecule has 0 saturated carbocycles. The molecule has 1 aromatic heterocycles. The van der Waals surface area contributed by atoms with Crippen molar-refractivity contribution >= 4 is 11.9 Å². The third-order valence-corrected chi connectivity index (χ3v) is 3.56. The standard InChI is InChI=1S/C17H24N6O/c1-18-16(24)15-6-4-5-13(9-15)7-8-20-17(19-2)21-10-14-11-22-23(3)12-14/h4-6,9,11-12H,7-8,10H2,1-3H3,(H,18,24)(H2,19,20,21). The SMILES string of the molecule is CN=C(NCCc1cccc(C(=O)NC)c1)NCc1cnn(C)c1. The van der Waals surface area contributed by atoms with E-state index < -0.39 is 0 Å². The molecule has 1 aromatic carbocycles. The summed E-state index contributed by atoms with van der Waals surface area (Å²) in [6.07, 6.45) is 4.59. The Labute approximate surface area is 142 Å². The summed E-state index contributed by atoms with van der Waals surface area (Å²) in [5, 5.41) is 13.3. The zero-order chi connectivity index (χ0) is 17.4. The molecule has 0 saturated heterocycles. The lowest BCUT2D eigenvalue weighted by atomic mass is 10.1. The molecule has 2 rings (SSSR count). The van der Waals surface area contributed by atoms with Gasteiger partial charge in [0.25, 0.3) is 5.91 Å². The van der Waals surface area contributed by atoms with E-state index in [9.17, 15) is 4.79 Å². The molecule has 0 aliphatic carbocycles. The molecule has 7 nitrogen and oxygen atoms in total. The molecule has 3 N–H and O–H groups in total. The van der Waals surface area contributed by atoms with Crippen LogP contribution in [0.2, 0.25) is 0 Å². The first-order valence-corrected chi connectivity index (χ1v) is 7.85. The number of rotatable bonds is 6. The lowest BCUT2D eigenvalue weighted by Crippen LogP contribution is -2.37. The van der Waals surface area contributed by atoms with E-state index in [1.54, 1.807) is 18.8 Å². The number of carbonyl (C=O) groups is 1. The average Bonchev–Trinajstić information content (AvgIpc) is 3.02. The summed E-state index contributed by atoms with van der Waals surface area (Å²) < 4.78 is 1.77. The number of aliphatic imine (C=N–C) groups is 1. The van der Waals surface area contributed by atoms with E-state index in [0.717, 1.165) is 30.1 Å². The Morgan fingerprint density at radius 2 is 2.12 bits per heavy atom. The van der Waals surface area contributed by atoms with Crippen LogP contribution in [-0.4, -0.2) is 42.3 Å². The third-order valence-electron chi connectivity index (χ3n) is 3.56. The van der Waals surface area contributed by atoms with Crippen LogP contribution in [0.25, 0.3) is 0 Å². The first-order valence-electron chi connectivity index (χ1n) is 7.85. The van der Waals surface area contributed by atoms with Gasteiger partial charge in [-0.25, -0.2) is 0 Å². The van der Waals surface area contributed by atoms with Gasteiger partial charge in [0, 0.05) is 51.6 Å². The monoisotopic (exact) mass is 328 g/mol. The normalized spacial score (nSPS) is 11.2. The van der Waals surface area contributed by atoms with Gasteiger partial charge in [-0.05, 0) is 24.1 Å². The minimum atomic E-state index is -0.0706. The number of benzene rings is 1. The molecule has 128 valence electrons. The predicted octanol–water partition coefficient (Wildman–Crippen LogP) is 0.687. The highest BCUT2D eigenvalue weighted by Crippen LogP contribution is 2.05. The Morgan fingerprint density at radius 1 is 1.29 bits per heavy atom. The summed E-state index contributed by atoms with van der Waals surface area (Å²) in [4.78, 5) is 15.9. The molecule has 0 spiro atoms. The van der Waals surface area contributed by atoms with Crippen LogP contribution in [0, 0.1) is 0 Å². The molecule has 2 aromatic rings. The highest BCUT2D eigenvalue weighted by molar-refractivity contribution is 5.94. The zero-order valence-electron chi connectivity index (χ0n) is 14.3. The minimum Gasteiger partial charge on any atom is -0.356 e. The van der Waals surface area contributed by atoms with Crippen molar-refractivity contribution in [3.8, 4) is 0 Å². The maximum Gasteiger partial charge on any atom is 0.251 e. The molecule has 0 aliphatic rings. The summed E-state index contributed by atoms with van der Waals surface area (Å²) in [6, 6.07) is 7.63. The lowest BCUT2D eigenvalue weighted by Gasteiger charge is -2.11. The van der Waals surface area contributed by atoms with Crippen molar-refractivity contribution in [2.24, 2.45) is 12.0 Å². The van der Waals surface area contributed by atoms with E-state index in [0.29, 0.717) is 12.1 Å². The van der Waals surface area contributed by atoms with Crippen LogP contribution in [0.3, 0.4) is 0 Å². The predicted molar refractivity (Wildman–Crippen MR) is 94.9 cm³/mol. The van der Waals surface area contributed by atoms with Gasteiger partial charge < -0.3 is 16.0 Å². The minimum absolute atomic E-state index is 0.0706. The number of nitrogens with zero attached hydrogens (tertiary/aromatic N) is 3. The fourth-order valence-corrected chi connectivity index (χ4v) is 2.31. The van der Waals surface area contributed by atoms with Gasteiger partial charge in [-0.2, -0.15) is 5.10 Å². The van der Waals surface area contributed by atoms with Gasteiger partial charge in [0.1, 0.15) is 0 Å². The number of aryl methyl sites for hydroxylation is 1. The van der Waals surface area contributed by atoms with Crippen LogP contribution in [-0.2, 0) is 20.0 Å². The third kappa shape index (κ3) is 5.12. The van der Waals surface area contributed by atoms with Gasteiger partial charge in [-0.3, -0.25) is 14.5 Å². The maximum atomic E-state index is 11.7. The second-order valence-electron chi connectivity index (χ2n) is 5.40. The van der Waals surface area contributed by atoms with Crippen LogP contribution in [0.5, 0.6) is 0 Å². The number of nitrogens with one attached hydrogen (secondary N) is 3. The van der Waals surface area contributed by atoms with Crippen molar-refractivity contribution in [3.63, 3.8) is 0 Å². The summed E-state index contributed by atoms with van der Waals surface area (Å²) in [5.74, 6) is 0.667. The quantitative estimate of drug-likeness (QED) is 0.538.